The molecular weight excluding hydrogens is 238 g/mol. The lowest BCUT2D eigenvalue weighted by molar-refractivity contribution is -0.136. The summed E-state index contributed by atoms with van der Waals surface area (Å²) < 4.78 is 0. The van der Waals surface area contributed by atoms with Crippen LogP contribution in [0.3, 0.4) is 0 Å². The molecule has 2 saturated heterocycles. The second-order valence-corrected chi connectivity index (χ2v) is 5.98. The number of nitrogens with one attached hydrogen (secondary N) is 1. The van der Waals surface area contributed by atoms with Crippen molar-refractivity contribution in [2.75, 3.05) is 39.3 Å². The van der Waals surface area contributed by atoms with Crippen LogP contribution in [-0.2, 0) is 4.79 Å². The molecule has 0 aromatic rings. The fourth-order valence-corrected chi connectivity index (χ4v) is 3.29. The van der Waals surface area contributed by atoms with E-state index in [1.54, 1.807) is 0 Å². The molecule has 1 amide bonds. The van der Waals surface area contributed by atoms with Gasteiger partial charge in [0.15, 0.2) is 0 Å². The van der Waals surface area contributed by atoms with Crippen LogP contribution in [0.25, 0.3) is 0 Å². The summed E-state index contributed by atoms with van der Waals surface area (Å²) in [5.41, 5.74) is 0. The average Bonchev–Trinajstić information content (AvgIpc) is 2.87. The Hall–Kier alpha value is -0.610. The fraction of sp³-hybridized carbons (Fsp3) is 0.933. The number of hydrogen-bond donors (Lipinski definition) is 1. The molecule has 2 rings (SSSR count). The van der Waals surface area contributed by atoms with Gasteiger partial charge >= 0.3 is 0 Å². The number of piperidine rings is 1. The van der Waals surface area contributed by atoms with E-state index in [0.29, 0.717) is 11.8 Å². The molecular formula is C15H29N3O. The van der Waals surface area contributed by atoms with Crippen LogP contribution < -0.4 is 5.32 Å². The third-order valence-electron chi connectivity index (χ3n) is 4.47. The average molecular weight is 267 g/mol. The Bertz CT molecular complexity index is 295. The summed E-state index contributed by atoms with van der Waals surface area (Å²) in [6.07, 6.45) is 4.51. The highest BCUT2D eigenvalue weighted by Crippen LogP contribution is 2.20. The molecule has 0 aromatic carbocycles. The molecule has 4 nitrogen and oxygen atoms in total. The van der Waals surface area contributed by atoms with Crippen LogP contribution in [0.1, 0.15) is 39.5 Å². The van der Waals surface area contributed by atoms with Crippen LogP contribution in [-0.4, -0.2) is 61.0 Å². The number of carbonyl (C=O) groups excluding carboxylic acids is 1. The molecule has 110 valence electrons. The summed E-state index contributed by atoms with van der Waals surface area (Å²) >= 11 is 0. The van der Waals surface area contributed by atoms with Crippen LogP contribution in [0.2, 0.25) is 0 Å². The van der Waals surface area contributed by atoms with Crippen molar-refractivity contribution in [3.63, 3.8) is 0 Å². The van der Waals surface area contributed by atoms with Gasteiger partial charge in [0.25, 0.3) is 0 Å². The molecule has 0 spiro atoms. The second kappa shape index (κ2) is 7.25. The fourth-order valence-electron chi connectivity index (χ4n) is 3.29. The smallest absolute Gasteiger partial charge is 0.239 e. The molecule has 2 atom stereocenters. The van der Waals surface area contributed by atoms with Crippen LogP contribution in [0.15, 0.2) is 0 Å². The number of likely N-dealkylation sites (tertiary alicyclic amines) is 2. The van der Waals surface area contributed by atoms with Crippen LogP contribution in [0.4, 0.5) is 0 Å². The molecule has 2 aliphatic rings. The standard InChI is InChI=1S/C15H29N3O/c1-3-8-16-14-6-5-9-18(15(14)19)12-13-7-10-17(4-2)11-13/h13-14,16H,3-12H2,1-2H3. The van der Waals surface area contributed by atoms with Crippen molar-refractivity contribution in [2.24, 2.45) is 5.92 Å². The first kappa shape index (κ1) is 14.8. The van der Waals surface area contributed by atoms with Gasteiger partial charge in [-0.25, -0.2) is 0 Å². The minimum atomic E-state index is 0.0809. The Morgan fingerprint density at radius 2 is 2.11 bits per heavy atom. The van der Waals surface area contributed by atoms with E-state index in [1.165, 1.54) is 19.5 Å². The van der Waals surface area contributed by atoms with Gasteiger partial charge in [0.2, 0.25) is 5.91 Å². The molecule has 4 heteroatoms. The first-order chi connectivity index (χ1) is 9.24. The predicted molar refractivity (Wildman–Crippen MR) is 78.1 cm³/mol. The molecule has 0 radical (unpaired) electrons. The van der Waals surface area contributed by atoms with Crippen molar-refractivity contribution in [3.8, 4) is 0 Å². The minimum Gasteiger partial charge on any atom is -0.341 e. The molecule has 2 fully saturated rings. The third-order valence-corrected chi connectivity index (χ3v) is 4.47. The maximum Gasteiger partial charge on any atom is 0.239 e. The van der Waals surface area contributed by atoms with E-state index in [-0.39, 0.29) is 6.04 Å². The SMILES string of the molecule is CCCNC1CCCN(CC2CCN(CC)C2)C1=O. The zero-order valence-corrected chi connectivity index (χ0v) is 12.5. The zero-order valence-electron chi connectivity index (χ0n) is 12.5. The highest BCUT2D eigenvalue weighted by molar-refractivity contribution is 5.82. The minimum absolute atomic E-state index is 0.0809. The zero-order chi connectivity index (χ0) is 13.7. The Balaban J connectivity index is 1.81. The third kappa shape index (κ3) is 3.93. The van der Waals surface area contributed by atoms with Crippen molar-refractivity contribution < 1.29 is 4.79 Å². The summed E-state index contributed by atoms with van der Waals surface area (Å²) in [5, 5.41) is 3.39. The maximum atomic E-state index is 12.4. The molecule has 1 N–H and O–H groups in total. The van der Waals surface area contributed by atoms with Gasteiger partial charge in [-0.05, 0) is 51.2 Å². The first-order valence-corrected chi connectivity index (χ1v) is 7.99. The van der Waals surface area contributed by atoms with E-state index in [9.17, 15) is 4.79 Å². The molecule has 19 heavy (non-hydrogen) atoms. The summed E-state index contributed by atoms with van der Waals surface area (Å²) in [6, 6.07) is 0.0809. The summed E-state index contributed by atoms with van der Waals surface area (Å²) in [7, 11) is 0. The molecule has 0 bridgehead atoms. The van der Waals surface area contributed by atoms with Crippen molar-refractivity contribution >= 4 is 5.91 Å². The van der Waals surface area contributed by atoms with E-state index in [1.807, 2.05) is 0 Å². The summed E-state index contributed by atoms with van der Waals surface area (Å²) in [5.74, 6) is 1.03. The van der Waals surface area contributed by atoms with Gasteiger partial charge in [0.05, 0.1) is 6.04 Å². The van der Waals surface area contributed by atoms with Gasteiger partial charge in [0.1, 0.15) is 0 Å². The molecule has 2 heterocycles. The Kier molecular flexibility index (Phi) is 5.64. The largest absolute Gasteiger partial charge is 0.341 e. The highest BCUT2D eigenvalue weighted by atomic mass is 16.2. The van der Waals surface area contributed by atoms with Crippen molar-refractivity contribution in [2.45, 2.75) is 45.6 Å². The number of nitrogens with zero attached hydrogens (tertiary/aromatic N) is 2. The van der Waals surface area contributed by atoms with Gasteiger partial charge in [-0.1, -0.05) is 13.8 Å². The molecule has 0 saturated carbocycles. The van der Waals surface area contributed by atoms with Crippen LogP contribution >= 0.6 is 0 Å². The maximum absolute atomic E-state index is 12.4. The lowest BCUT2D eigenvalue weighted by Gasteiger charge is -2.34. The topological polar surface area (TPSA) is 35.6 Å². The highest BCUT2D eigenvalue weighted by Gasteiger charge is 2.31. The van der Waals surface area contributed by atoms with Crippen LogP contribution in [0.5, 0.6) is 0 Å². The van der Waals surface area contributed by atoms with Gasteiger partial charge in [0, 0.05) is 19.6 Å². The lowest BCUT2D eigenvalue weighted by Crippen LogP contribution is -2.52. The van der Waals surface area contributed by atoms with Gasteiger partial charge in [-0.3, -0.25) is 4.79 Å². The van der Waals surface area contributed by atoms with Crippen molar-refractivity contribution in [1.29, 1.82) is 0 Å². The lowest BCUT2D eigenvalue weighted by atomic mass is 10.0. The Morgan fingerprint density at radius 3 is 2.79 bits per heavy atom. The quantitative estimate of drug-likeness (QED) is 0.788. The normalized spacial score (nSPS) is 29.2. The number of carbonyl (C=O) groups is 1. The van der Waals surface area contributed by atoms with E-state index in [4.69, 9.17) is 0 Å². The predicted octanol–water partition coefficient (Wildman–Crippen LogP) is 1.32. The molecule has 0 aliphatic carbocycles. The molecule has 2 unspecified atom stereocenters. The van der Waals surface area contributed by atoms with Crippen molar-refractivity contribution in [1.82, 2.24) is 15.1 Å². The van der Waals surface area contributed by atoms with E-state index in [2.05, 4.69) is 29.0 Å². The number of rotatable bonds is 6. The molecule has 2 aliphatic heterocycles. The van der Waals surface area contributed by atoms with Gasteiger partial charge < -0.3 is 15.1 Å². The van der Waals surface area contributed by atoms with E-state index in [0.717, 1.165) is 45.4 Å². The molecule has 0 aromatic heterocycles. The number of hydrogen-bond acceptors (Lipinski definition) is 3. The van der Waals surface area contributed by atoms with Gasteiger partial charge in [-0.2, -0.15) is 0 Å². The van der Waals surface area contributed by atoms with E-state index >= 15 is 0 Å². The van der Waals surface area contributed by atoms with Crippen LogP contribution in [0, 0.1) is 5.92 Å². The number of amides is 1. The second-order valence-electron chi connectivity index (χ2n) is 5.98. The summed E-state index contributed by atoms with van der Waals surface area (Å²) in [6.45, 7) is 10.8. The van der Waals surface area contributed by atoms with Crippen molar-refractivity contribution in [3.05, 3.63) is 0 Å². The summed E-state index contributed by atoms with van der Waals surface area (Å²) in [4.78, 5) is 17.0. The monoisotopic (exact) mass is 267 g/mol. The first-order valence-electron chi connectivity index (χ1n) is 7.99. The van der Waals surface area contributed by atoms with E-state index < -0.39 is 0 Å². The Morgan fingerprint density at radius 1 is 1.26 bits per heavy atom. The Labute approximate surface area is 117 Å². The van der Waals surface area contributed by atoms with Gasteiger partial charge in [-0.15, -0.1) is 0 Å².